The number of hydrogen-bond donors (Lipinski definition) is 0. The molecule has 4 aromatic heterocycles. The molecule has 0 aromatic carbocycles. The number of ether oxygens (including phenoxy) is 1. The van der Waals surface area contributed by atoms with Crippen molar-refractivity contribution in [3.05, 3.63) is 59.9 Å². The Balaban J connectivity index is 1.30. The molecule has 0 radical (unpaired) electrons. The van der Waals surface area contributed by atoms with E-state index in [0.29, 0.717) is 53.5 Å². The van der Waals surface area contributed by atoms with E-state index in [1.54, 1.807) is 23.4 Å². The number of aromatic nitrogens is 6. The van der Waals surface area contributed by atoms with E-state index in [2.05, 4.69) is 24.9 Å². The number of rotatable bonds is 7. The normalized spacial score (nSPS) is 16.0. The van der Waals surface area contributed by atoms with Gasteiger partial charge < -0.3 is 14.2 Å². The van der Waals surface area contributed by atoms with Crippen LogP contribution in [0.3, 0.4) is 0 Å². The maximum absolute atomic E-state index is 14.9. The van der Waals surface area contributed by atoms with Gasteiger partial charge in [0.15, 0.2) is 0 Å². The third kappa shape index (κ3) is 6.29. The van der Waals surface area contributed by atoms with Crippen LogP contribution in [-0.4, -0.2) is 53.5 Å². The number of esters is 1. The minimum atomic E-state index is -0.636. The highest BCUT2D eigenvalue weighted by atomic mass is 19.1. The Hall–Kier alpha value is -4.28. The molecule has 1 aliphatic heterocycles. The Morgan fingerprint density at radius 1 is 1.12 bits per heavy atom. The molecule has 220 valence electrons. The lowest BCUT2D eigenvalue weighted by Gasteiger charge is -2.32. The van der Waals surface area contributed by atoms with Gasteiger partial charge in [-0.1, -0.05) is 0 Å². The summed E-state index contributed by atoms with van der Waals surface area (Å²) < 4.78 is 22.3. The van der Waals surface area contributed by atoms with Crippen molar-refractivity contribution in [1.29, 1.82) is 0 Å². The first-order valence-electron chi connectivity index (χ1n) is 14.2. The molecule has 1 fully saturated rings. The van der Waals surface area contributed by atoms with Crippen LogP contribution in [0, 0.1) is 18.8 Å². The predicted molar refractivity (Wildman–Crippen MR) is 156 cm³/mol. The van der Waals surface area contributed by atoms with Gasteiger partial charge in [-0.05, 0) is 78.6 Å². The average molecular weight is 574 g/mol. The Kier molecular flexibility index (Phi) is 8.03. The summed E-state index contributed by atoms with van der Waals surface area (Å²) in [7, 11) is 0. The highest BCUT2D eigenvalue weighted by Gasteiger charge is 2.33. The highest BCUT2D eigenvalue weighted by Crippen LogP contribution is 2.28. The molecule has 5 rings (SSSR count). The Bertz CT molecular complexity index is 1630. The van der Waals surface area contributed by atoms with Crippen molar-refractivity contribution >= 4 is 28.6 Å². The summed E-state index contributed by atoms with van der Waals surface area (Å²) in [6.07, 6.45) is 5.14. The summed E-state index contributed by atoms with van der Waals surface area (Å²) in [6, 6.07) is 7.30. The van der Waals surface area contributed by atoms with E-state index in [-0.39, 0.29) is 29.9 Å². The van der Waals surface area contributed by atoms with Crippen molar-refractivity contribution < 1.29 is 18.7 Å². The second-order valence-corrected chi connectivity index (χ2v) is 12.0. The zero-order valence-electron chi connectivity index (χ0n) is 24.9. The van der Waals surface area contributed by atoms with Gasteiger partial charge in [0.1, 0.15) is 22.8 Å². The first-order valence-corrected chi connectivity index (χ1v) is 14.2. The molecule has 11 heteroatoms. The number of halogens is 1. The van der Waals surface area contributed by atoms with Crippen LogP contribution in [0.25, 0.3) is 22.4 Å². The van der Waals surface area contributed by atoms with Crippen molar-refractivity contribution in [1.82, 2.24) is 29.5 Å². The van der Waals surface area contributed by atoms with Gasteiger partial charge in [-0.25, -0.2) is 19.9 Å². The van der Waals surface area contributed by atoms with Crippen molar-refractivity contribution in [3.8, 4) is 11.4 Å². The van der Waals surface area contributed by atoms with E-state index in [9.17, 15) is 14.0 Å². The molecule has 1 unspecified atom stereocenters. The number of piperidine rings is 1. The van der Waals surface area contributed by atoms with Gasteiger partial charge in [-0.2, -0.15) is 4.39 Å². The second kappa shape index (κ2) is 11.5. The summed E-state index contributed by atoms with van der Waals surface area (Å²) >= 11 is 0. The van der Waals surface area contributed by atoms with Crippen LogP contribution in [0.2, 0.25) is 0 Å². The highest BCUT2D eigenvalue weighted by molar-refractivity contribution is 5.97. The molecule has 42 heavy (non-hydrogen) atoms. The molecule has 1 atom stereocenters. The number of imidazole rings is 1. The molecule has 0 saturated carbocycles. The third-order valence-electron chi connectivity index (χ3n) is 7.14. The number of hydrogen-bond acceptors (Lipinski definition) is 8. The van der Waals surface area contributed by atoms with E-state index < -0.39 is 17.5 Å². The predicted octanol–water partition coefficient (Wildman–Crippen LogP) is 5.38. The molecule has 0 aliphatic carbocycles. The Morgan fingerprint density at radius 3 is 2.60 bits per heavy atom. The third-order valence-corrected chi connectivity index (χ3v) is 7.14. The minimum Gasteiger partial charge on any atom is -0.460 e. The van der Waals surface area contributed by atoms with Gasteiger partial charge in [0, 0.05) is 30.4 Å². The summed E-state index contributed by atoms with van der Waals surface area (Å²) in [5.41, 5.74) is 2.62. The minimum absolute atomic E-state index is 0.0664. The van der Waals surface area contributed by atoms with E-state index in [1.165, 1.54) is 0 Å². The number of aryl methyl sites for hydroxylation is 1. The molecule has 1 aliphatic rings. The lowest BCUT2D eigenvalue weighted by Crippen LogP contribution is -2.42. The molecule has 1 saturated heterocycles. The molecule has 5 heterocycles. The van der Waals surface area contributed by atoms with Crippen LogP contribution in [0.4, 0.5) is 10.1 Å². The summed E-state index contributed by atoms with van der Waals surface area (Å²) in [4.78, 5) is 49.2. The molecular formula is C31H36FN7O3. The van der Waals surface area contributed by atoms with Crippen LogP contribution in [0.1, 0.15) is 77.3 Å². The summed E-state index contributed by atoms with van der Waals surface area (Å²) in [6.45, 7) is 11.9. The standard InChI is InChI=1S/C31H36FN7O3/c1-18(2)39-19(3)35-28-25(39)16-24(37-29(28)32)23-11-12-33-26(36-23)15-21-9-10-22(17-34-21)38-13-7-8-20(30(38)41)14-27(40)42-31(4,5)6/h9-12,16-18,20H,7-8,13-15H2,1-6H3. The van der Waals surface area contributed by atoms with Crippen molar-refractivity contribution in [2.24, 2.45) is 5.92 Å². The van der Waals surface area contributed by atoms with Gasteiger partial charge in [0.05, 0.1) is 41.6 Å². The topological polar surface area (TPSA) is 116 Å². The Labute approximate surface area is 244 Å². The van der Waals surface area contributed by atoms with Gasteiger partial charge >= 0.3 is 5.97 Å². The van der Waals surface area contributed by atoms with Crippen molar-refractivity contribution in [3.63, 3.8) is 0 Å². The maximum Gasteiger partial charge on any atom is 0.307 e. The smallest absolute Gasteiger partial charge is 0.307 e. The lowest BCUT2D eigenvalue weighted by molar-refractivity contribution is -0.157. The lowest BCUT2D eigenvalue weighted by atomic mass is 9.93. The number of pyridine rings is 2. The van der Waals surface area contributed by atoms with Crippen LogP contribution in [0.5, 0.6) is 0 Å². The number of carbonyl (C=O) groups is 2. The summed E-state index contributed by atoms with van der Waals surface area (Å²) in [5, 5.41) is 0. The molecular weight excluding hydrogens is 537 g/mol. The van der Waals surface area contributed by atoms with Gasteiger partial charge in [0.25, 0.3) is 0 Å². The zero-order chi connectivity index (χ0) is 30.2. The van der Waals surface area contributed by atoms with E-state index in [4.69, 9.17) is 4.74 Å². The molecule has 0 N–H and O–H groups in total. The van der Waals surface area contributed by atoms with Crippen LogP contribution < -0.4 is 4.90 Å². The molecule has 10 nitrogen and oxygen atoms in total. The van der Waals surface area contributed by atoms with Crippen LogP contribution >= 0.6 is 0 Å². The first kappa shape index (κ1) is 29.2. The molecule has 4 aromatic rings. The number of anilines is 1. The molecule has 0 spiro atoms. The number of amides is 1. The van der Waals surface area contributed by atoms with Gasteiger partial charge in [-0.3, -0.25) is 14.6 Å². The van der Waals surface area contributed by atoms with E-state index in [0.717, 1.165) is 12.2 Å². The van der Waals surface area contributed by atoms with E-state index in [1.807, 2.05) is 64.3 Å². The fraction of sp³-hybridized carbons (Fsp3) is 0.452. The fourth-order valence-corrected chi connectivity index (χ4v) is 5.40. The van der Waals surface area contributed by atoms with Crippen molar-refractivity contribution in [2.45, 2.75) is 78.9 Å². The quantitative estimate of drug-likeness (QED) is 0.214. The summed E-state index contributed by atoms with van der Waals surface area (Å²) in [5.74, 6) is -0.274. The Morgan fingerprint density at radius 2 is 1.90 bits per heavy atom. The fourth-order valence-electron chi connectivity index (χ4n) is 5.40. The maximum atomic E-state index is 14.9. The first-order chi connectivity index (χ1) is 19.9. The number of nitrogens with zero attached hydrogens (tertiary/aromatic N) is 7. The van der Waals surface area contributed by atoms with E-state index >= 15 is 0 Å². The average Bonchev–Trinajstić information content (AvgIpc) is 3.26. The van der Waals surface area contributed by atoms with Crippen molar-refractivity contribution in [2.75, 3.05) is 11.4 Å². The zero-order valence-corrected chi connectivity index (χ0v) is 24.9. The van der Waals surface area contributed by atoms with Gasteiger partial charge in [-0.15, -0.1) is 0 Å². The van der Waals surface area contributed by atoms with Gasteiger partial charge in [0.2, 0.25) is 11.9 Å². The van der Waals surface area contributed by atoms with Crippen LogP contribution in [-0.2, 0) is 20.7 Å². The largest absolute Gasteiger partial charge is 0.460 e. The number of carbonyl (C=O) groups excluding carboxylic acids is 2. The second-order valence-electron chi connectivity index (χ2n) is 12.0. The van der Waals surface area contributed by atoms with Crippen LogP contribution in [0.15, 0.2) is 36.7 Å². The monoisotopic (exact) mass is 573 g/mol. The number of fused-ring (bicyclic) bond motifs is 1. The molecule has 1 amide bonds. The SMILES string of the molecule is Cc1nc2c(F)nc(-c3ccnc(Cc4ccc(N5CCCC(CC(=O)OC(C)(C)C)C5=O)cn4)n3)cc2n1C(C)C. The molecule has 0 bridgehead atoms.